The zero-order valence-corrected chi connectivity index (χ0v) is 17.0. The average Bonchev–Trinajstić information content (AvgIpc) is 3.08. The van der Waals surface area contributed by atoms with Crippen LogP contribution in [0.25, 0.3) is 0 Å². The molecule has 0 aromatic carbocycles. The highest BCUT2D eigenvalue weighted by atomic mass is 15.4. The van der Waals surface area contributed by atoms with Gasteiger partial charge in [0, 0.05) is 58.7 Å². The van der Waals surface area contributed by atoms with Crippen molar-refractivity contribution in [1.29, 1.82) is 0 Å². The zero-order valence-electron chi connectivity index (χ0n) is 17.0. The predicted octanol–water partition coefficient (Wildman–Crippen LogP) is 2.33. The molecule has 2 aliphatic rings. The molecular formula is C20H36N6. The van der Waals surface area contributed by atoms with Crippen molar-refractivity contribution in [2.24, 2.45) is 23.9 Å². The molecule has 0 unspecified atom stereocenters. The van der Waals surface area contributed by atoms with E-state index >= 15 is 0 Å². The highest BCUT2D eigenvalue weighted by Crippen LogP contribution is 2.32. The Hall–Kier alpha value is -1.56. The fourth-order valence-electron chi connectivity index (χ4n) is 4.49. The van der Waals surface area contributed by atoms with Gasteiger partial charge in [-0.1, -0.05) is 13.8 Å². The maximum atomic E-state index is 4.48. The van der Waals surface area contributed by atoms with Gasteiger partial charge in [-0.3, -0.25) is 9.89 Å². The van der Waals surface area contributed by atoms with Gasteiger partial charge in [-0.15, -0.1) is 0 Å². The molecule has 26 heavy (non-hydrogen) atoms. The minimum atomic E-state index is 0.718. The second-order valence-electron chi connectivity index (χ2n) is 8.19. The summed E-state index contributed by atoms with van der Waals surface area (Å²) in [6.07, 6.45) is 9.41. The number of aliphatic imine (C=N–C) groups is 1. The van der Waals surface area contributed by atoms with Crippen LogP contribution in [0.15, 0.2) is 17.4 Å². The van der Waals surface area contributed by atoms with Crippen LogP contribution < -0.4 is 5.32 Å². The van der Waals surface area contributed by atoms with Gasteiger partial charge in [0.15, 0.2) is 5.96 Å². The first kappa shape index (κ1) is 19.2. The summed E-state index contributed by atoms with van der Waals surface area (Å²) < 4.78 is 2.05. The molecule has 2 fully saturated rings. The van der Waals surface area contributed by atoms with Crippen LogP contribution >= 0.6 is 0 Å². The Morgan fingerprint density at radius 1 is 1.19 bits per heavy atom. The Morgan fingerprint density at radius 2 is 1.88 bits per heavy atom. The standard InChI is InChI=1S/C20H36N6/c1-16(2)17-5-7-18(8-6-17)25-11-13-26(14-12-25)20(21-3)23-15-19-22-9-10-24(19)4/h9-10,16-18H,5-8,11-15H2,1-4H3,(H,21,23). The number of hydrogen-bond acceptors (Lipinski definition) is 3. The summed E-state index contributed by atoms with van der Waals surface area (Å²) in [5.74, 6) is 3.82. The maximum absolute atomic E-state index is 4.48. The summed E-state index contributed by atoms with van der Waals surface area (Å²) in [6, 6.07) is 0.801. The van der Waals surface area contributed by atoms with Crippen LogP contribution in [0.4, 0.5) is 0 Å². The zero-order chi connectivity index (χ0) is 18.5. The number of imidazole rings is 1. The molecule has 0 atom stereocenters. The van der Waals surface area contributed by atoms with Crippen molar-refractivity contribution in [2.45, 2.75) is 52.1 Å². The van der Waals surface area contributed by atoms with Crippen LogP contribution in [0.3, 0.4) is 0 Å². The molecule has 146 valence electrons. The highest BCUT2D eigenvalue weighted by molar-refractivity contribution is 5.79. The minimum Gasteiger partial charge on any atom is -0.349 e. The fourth-order valence-corrected chi connectivity index (χ4v) is 4.49. The number of aryl methyl sites for hydroxylation is 1. The van der Waals surface area contributed by atoms with E-state index in [2.05, 4.69) is 38.9 Å². The van der Waals surface area contributed by atoms with E-state index in [1.807, 2.05) is 31.1 Å². The summed E-state index contributed by atoms with van der Waals surface area (Å²) in [4.78, 5) is 14.0. The van der Waals surface area contributed by atoms with E-state index in [1.165, 1.54) is 25.7 Å². The van der Waals surface area contributed by atoms with Gasteiger partial charge < -0.3 is 14.8 Å². The van der Waals surface area contributed by atoms with Gasteiger partial charge in [0.05, 0.1) is 6.54 Å². The molecule has 6 nitrogen and oxygen atoms in total. The quantitative estimate of drug-likeness (QED) is 0.661. The van der Waals surface area contributed by atoms with Crippen molar-refractivity contribution in [3.63, 3.8) is 0 Å². The third kappa shape index (κ3) is 4.58. The van der Waals surface area contributed by atoms with Crippen LogP contribution in [0.1, 0.15) is 45.4 Å². The van der Waals surface area contributed by atoms with Crippen molar-refractivity contribution < 1.29 is 0 Å². The van der Waals surface area contributed by atoms with E-state index in [1.54, 1.807) is 0 Å². The molecule has 1 aliphatic carbocycles. The maximum Gasteiger partial charge on any atom is 0.194 e. The summed E-state index contributed by atoms with van der Waals surface area (Å²) in [5, 5.41) is 3.47. The van der Waals surface area contributed by atoms with Crippen LogP contribution in [0, 0.1) is 11.8 Å². The van der Waals surface area contributed by atoms with E-state index in [4.69, 9.17) is 0 Å². The Kier molecular flexibility index (Phi) is 6.57. The van der Waals surface area contributed by atoms with Crippen molar-refractivity contribution in [1.82, 2.24) is 24.7 Å². The lowest BCUT2D eigenvalue weighted by molar-refractivity contribution is 0.0864. The first-order valence-electron chi connectivity index (χ1n) is 10.2. The average molecular weight is 361 g/mol. The monoisotopic (exact) mass is 360 g/mol. The summed E-state index contributed by atoms with van der Waals surface area (Å²) in [5.41, 5.74) is 0. The van der Waals surface area contributed by atoms with Gasteiger partial charge >= 0.3 is 0 Å². The van der Waals surface area contributed by atoms with Gasteiger partial charge in [0.2, 0.25) is 0 Å². The van der Waals surface area contributed by atoms with Crippen LogP contribution in [-0.4, -0.2) is 64.6 Å². The van der Waals surface area contributed by atoms with Gasteiger partial charge in [-0.05, 0) is 37.5 Å². The molecule has 0 spiro atoms. The largest absolute Gasteiger partial charge is 0.349 e. The third-order valence-corrected chi connectivity index (χ3v) is 6.35. The fraction of sp³-hybridized carbons (Fsp3) is 0.800. The van der Waals surface area contributed by atoms with Crippen LogP contribution in [0.5, 0.6) is 0 Å². The lowest BCUT2D eigenvalue weighted by atomic mass is 9.79. The molecule has 2 heterocycles. The topological polar surface area (TPSA) is 48.7 Å². The van der Waals surface area contributed by atoms with Gasteiger partial charge in [-0.25, -0.2) is 4.98 Å². The second-order valence-corrected chi connectivity index (χ2v) is 8.19. The number of nitrogens with zero attached hydrogens (tertiary/aromatic N) is 5. The summed E-state index contributed by atoms with van der Waals surface area (Å²) in [7, 11) is 3.90. The molecule has 1 saturated carbocycles. The van der Waals surface area contributed by atoms with Gasteiger partial charge in [0.1, 0.15) is 5.82 Å². The van der Waals surface area contributed by atoms with Crippen molar-refractivity contribution in [3.05, 3.63) is 18.2 Å². The van der Waals surface area contributed by atoms with Crippen molar-refractivity contribution in [3.8, 4) is 0 Å². The molecule has 6 heteroatoms. The lowest BCUT2D eigenvalue weighted by Crippen LogP contribution is -2.55. The van der Waals surface area contributed by atoms with E-state index in [9.17, 15) is 0 Å². The van der Waals surface area contributed by atoms with Crippen molar-refractivity contribution >= 4 is 5.96 Å². The molecule has 1 aromatic heterocycles. The molecule has 0 bridgehead atoms. The Labute approximate surface area is 158 Å². The van der Waals surface area contributed by atoms with E-state index in [0.717, 1.165) is 62.4 Å². The van der Waals surface area contributed by atoms with Crippen LogP contribution in [-0.2, 0) is 13.6 Å². The number of rotatable bonds is 4. The van der Waals surface area contributed by atoms with E-state index in [0.29, 0.717) is 0 Å². The van der Waals surface area contributed by atoms with Gasteiger partial charge in [0.25, 0.3) is 0 Å². The van der Waals surface area contributed by atoms with E-state index in [-0.39, 0.29) is 0 Å². The van der Waals surface area contributed by atoms with Gasteiger partial charge in [-0.2, -0.15) is 0 Å². The molecule has 0 amide bonds. The van der Waals surface area contributed by atoms with E-state index < -0.39 is 0 Å². The number of nitrogens with one attached hydrogen (secondary N) is 1. The Morgan fingerprint density at radius 3 is 2.42 bits per heavy atom. The normalized spacial score (nSPS) is 25.7. The Bertz CT molecular complexity index is 577. The first-order valence-corrected chi connectivity index (χ1v) is 10.2. The molecule has 1 saturated heterocycles. The summed E-state index contributed by atoms with van der Waals surface area (Å²) >= 11 is 0. The minimum absolute atomic E-state index is 0.718. The smallest absolute Gasteiger partial charge is 0.194 e. The summed E-state index contributed by atoms with van der Waals surface area (Å²) in [6.45, 7) is 9.91. The lowest BCUT2D eigenvalue weighted by Gasteiger charge is -2.43. The van der Waals surface area contributed by atoms with Crippen LogP contribution in [0.2, 0.25) is 0 Å². The number of aromatic nitrogens is 2. The molecule has 0 radical (unpaired) electrons. The molecule has 3 rings (SSSR count). The SMILES string of the molecule is CN=C(NCc1nccn1C)N1CCN(C2CCC(C(C)C)CC2)CC1. The van der Waals surface area contributed by atoms with Crippen molar-refractivity contribution in [2.75, 3.05) is 33.2 Å². The second kappa shape index (κ2) is 8.89. The Balaban J connectivity index is 1.44. The molecular weight excluding hydrogens is 324 g/mol. The number of guanidine groups is 1. The number of hydrogen-bond donors (Lipinski definition) is 1. The first-order chi connectivity index (χ1) is 12.6. The predicted molar refractivity (Wildman–Crippen MR) is 107 cm³/mol. The molecule has 1 aromatic rings. The molecule has 1 N–H and O–H groups in total. The number of piperazine rings is 1. The highest BCUT2D eigenvalue weighted by Gasteiger charge is 2.29. The third-order valence-electron chi connectivity index (χ3n) is 6.35. The molecule has 1 aliphatic heterocycles.